The monoisotopic (exact) mass is 347 g/mol. The van der Waals surface area contributed by atoms with Crippen molar-refractivity contribution in [3.8, 4) is 0 Å². The minimum atomic E-state index is -0.0984. The summed E-state index contributed by atoms with van der Waals surface area (Å²) in [5, 5.41) is 3.75. The van der Waals surface area contributed by atoms with Crippen LogP contribution in [0.2, 0.25) is 5.02 Å². The lowest BCUT2D eigenvalue weighted by Gasteiger charge is -2.36. The SMILES string of the molecule is CCn1cncc1[C@@H]1C[C@H](NC(C)=O)C[C@H](c2ccc(Cl)cc2)O1. The number of rotatable bonds is 4. The third kappa shape index (κ3) is 3.79. The number of carbonyl (C=O) groups excluding carboxylic acids is 1. The van der Waals surface area contributed by atoms with E-state index in [0.717, 1.165) is 30.6 Å². The lowest BCUT2D eigenvalue weighted by atomic mass is 9.93. The molecule has 1 fully saturated rings. The highest BCUT2D eigenvalue weighted by atomic mass is 35.5. The van der Waals surface area contributed by atoms with Crippen LogP contribution in [0.15, 0.2) is 36.8 Å². The first-order valence-electron chi connectivity index (χ1n) is 8.25. The number of aryl methyl sites for hydroxylation is 1. The molecule has 0 bridgehead atoms. The summed E-state index contributed by atoms with van der Waals surface area (Å²) in [7, 11) is 0. The van der Waals surface area contributed by atoms with E-state index in [1.165, 1.54) is 0 Å². The Kier molecular flexibility index (Phi) is 5.21. The molecular formula is C18H22ClN3O2. The van der Waals surface area contributed by atoms with Crippen molar-refractivity contribution in [3.05, 3.63) is 53.1 Å². The smallest absolute Gasteiger partial charge is 0.217 e. The fourth-order valence-electron chi connectivity index (χ4n) is 3.27. The molecule has 1 aliphatic heterocycles. The van der Waals surface area contributed by atoms with Crippen LogP contribution in [0, 0.1) is 0 Å². The number of nitrogens with one attached hydrogen (secondary N) is 1. The van der Waals surface area contributed by atoms with Crippen LogP contribution < -0.4 is 5.32 Å². The second-order valence-corrected chi connectivity index (χ2v) is 6.57. The minimum Gasteiger partial charge on any atom is -0.364 e. The van der Waals surface area contributed by atoms with Gasteiger partial charge < -0.3 is 14.6 Å². The molecule has 2 heterocycles. The number of imidazole rings is 1. The Morgan fingerprint density at radius 1 is 1.33 bits per heavy atom. The summed E-state index contributed by atoms with van der Waals surface area (Å²) >= 11 is 5.99. The van der Waals surface area contributed by atoms with E-state index in [-0.39, 0.29) is 24.2 Å². The van der Waals surface area contributed by atoms with E-state index in [9.17, 15) is 4.79 Å². The molecule has 0 radical (unpaired) electrons. The summed E-state index contributed by atoms with van der Waals surface area (Å²) in [5.74, 6) is -0.0143. The molecule has 1 N–H and O–H groups in total. The normalized spacial score (nSPS) is 23.9. The van der Waals surface area contributed by atoms with Crippen LogP contribution in [0.1, 0.15) is 50.2 Å². The molecule has 1 saturated heterocycles. The summed E-state index contributed by atoms with van der Waals surface area (Å²) in [6.07, 6.45) is 4.98. The first-order chi connectivity index (χ1) is 11.6. The molecule has 0 unspecified atom stereocenters. The number of aromatic nitrogens is 2. The zero-order valence-electron chi connectivity index (χ0n) is 13.9. The third-order valence-corrected chi connectivity index (χ3v) is 4.64. The van der Waals surface area contributed by atoms with Gasteiger partial charge in [-0.05, 0) is 37.5 Å². The molecule has 24 heavy (non-hydrogen) atoms. The summed E-state index contributed by atoms with van der Waals surface area (Å²) in [5.41, 5.74) is 2.12. The van der Waals surface area contributed by atoms with Gasteiger partial charge >= 0.3 is 0 Å². The zero-order chi connectivity index (χ0) is 17.1. The lowest BCUT2D eigenvalue weighted by molar-refractivity contribution is -0.122. The lowest BCUT2D eigenvalue weighted by Crippen LogP contribution is -2.40. The Bertz CT molecular complexity index is 699. The molecule has 1 amide bonds. The number of hydrogen-bond acceptors (Lipinski definition) is 3. The van der Waals surface area contributed by atoms with E-state index >= 15 is 0 Å². The maximum Gasteiger partial charge on any atom is 0.217 e. The van der Waals surface area contributed by atoms with Crippen molar-refractivity contribution in [2.75, 3.05) is 0 Å². The molecule has 128 valence electrons. The summed E-state index contributed by atoms with van der Waals surface area (Å²) in [4.78, 5) is 15.8. The van der Waals surface area contributed by atoms with Gasteiger partial charge in [0.2, 0.25) is 5.91 Å². The average molecular weight is 348 g/mol. The van der Waals surface area contributed by atoms with Crippen LogP contribution in [-0.4, -0.2) is 21.5 Å². The highest BCUT2D eigenvalue weighted by Crippen LogP contribution is 2.39. The molecule has 3 atom stereocenters. The van der Waals surface area contributed by atoms with Gasteiger partial charge in [-0.25, -0.2) is 4.98 Å². The number of ether oxygens (including phenoxy) is 1. The number of carbonyl (C=O) groups is 1. The molecule has 1 aliphatic rings. The fourth-order valence-corrected chi connectivity index (χ4v) is 3.40. The second kappa shape index (κ2) is 7.36. The number of amides is 1. The van der Waals surface area contributed by atoms with Gasteiger partial charge in [-0.1, -0.05) is 23.7 Å². The van der Waals surface area contributed by atoms with Gasteiger partial charge in [-0.2, -0.15) is 0 Å². The van der Waals surface area contributed by atoms with Gasteiger partial charge in [0.05, 0.1) is 24.3 Å². The van der Waals surface area contributed by atoms with Crippen LogP contribution in [-0.2, 0) is 16.1 Å². The van der Waals surface area contributed by atoms with Gasteiger partial charge in [0.1, 0.15) is 6.10 Å². The van der Waals surface area contributed by atoms with Crippen molar-refractivity contribution in [1.82, 2.24) is 14.9 Å². The topological polar surface area (TPSA) is 56.2 Å². The molecule has 1 aromatic heterocycles. The van der Waals surface area contributed by atoms with Crippen molar-refractivity contribution in [1.29, 1.82) is 0 Å². The van der Waals surface area contributed by atoms with Gasteiger partial charge in [0, 0.05) is 24.5 Å². The van der Waals surface area contributed by atoms with Crippen LogP contribution in [0.5, 0.6) is 0 Å². The van der Waals surface area contributed by atoms with Crippen molar-refractivity contribution < 1.29 is 9.53 Å². The molecule has 3 rings (SSSR count). The Hall–Kier alpha value is -1.85. The maximum absolute atomic E-state index is 11.5. The van der Waals surface area contributed by atoms with E-state index in [4.69, 9.17) is 16.3 Å². The number of hydrogen-bond donors (Lipinski definition) is 1. The molecule has 5 nitrogen and oxygen atoms in total. The summed E-state index contributed by atoms with van der Waals surface area (Å²) in [6, 6.07) is 7.78. The fraction of sp³-hybridized carbons (Fsp3) is 0.444. The molecule has 6 heteroatoms. The number of benzene rings is 1. The predicted octanol–water partition coefficient (Wildman–Crippen LogP) is 3.65. The molecule has 0 aliphatic carbocycles. The van der Waals surface area contributed by atoms with Gasteiger partial charge in [0.15, 0.2) is 0 Å². The third-order valence-electron chi connectivity index (χ3n) is 4.39. The predicted molar refractivity (Wildman–Crippen MR) is 92.8 cm³/mol. The van der Waals surface area contributed by atoms with E-state index in [0.29, 0.717) is 5.02 Å². The standard InChI is InChI=1S/C18H22ClN3O2/c1-3-22-11-20-10-16(22)18-9-15(21-12(2)23)8-17(24-18)13-4-6-14(19)7-5-13/h4-7,10-11,15,17-18H,3,8-9H2,1-2H3,(H,21,23)/t15-,17-,18+/m1/s1. The molecule has 1 aromatic carbocycles. The highest BCUT2D eigenvalue weighted by Gasteiger charge is 2.33. The minimum absolute atomic E-state index is 0.0143. The number of nitrogens with zero attached hydrogens (tertiary/aromatic N) is 2. The Morgan fingerprint density at radius 3 is 2.71 bits per heavy atom. The van der Waals surface area contributed by atoms with Gasteiger partial charge in [-0.3, -0.25) is 4.79 Å². The highest BCUT2D eigenvalue weighted by molar-refractivity contribution is 6.30. The van der Waals surface area contributed by atoms with E-state index in [1.807, 2.05) is 36.8 Å². The van der Waals surface area contributed by atoms with Gasteiger partial charge in [0.25, 0.3) is 0 Å². The van der Waals surface area contributed by atoms with Crippen molar-refractivity contribution in [2.45, 2.75) is 51.5 Å². The largest absolute Gasteiger partial charge is 0.364 e. The van der Waals surface area contributed by atoms with Crippen LogP contribution in [0.4, 0.5) is 0 Å². The van der Waals surface area contributed by atoms with E-state index in [2.05, 4.69) is 21.8 Å². The maximum atomic E-state index is 11.5. The Morgan fingerprint density at radius 2 is 2.04 bits per heavy atom. The van der Waals surface area contributed by atoms with Crippen LogP contribution in [0.3, 0.4) is 0 Å². The van der Waals surface area contributed by atoms with E-state index in [1.54, 1.807) is 6.92 Å². The van der Waals surface area contributed by atoms with Crippen molar-refractivity contribution in [2.24, 2.45) is 0 Å². The molecule has 0 spiro atoms. The Labute approximate surface area is 147 Å². The molecule has 2 aromatic rings. The quantitative estimate of drug-likeness (QED) is 0.918. The van der Waals surface area contributed by atoms with Crippen LogP contribution in [0.25, 0.3) is 0 Å². The van der Waals surface area contributed by atoms with Crippen molar-refractivity contribution >= 4 is 17.5 Å². The van der Waals surface area contributed by atoms with E-state index < -0.39 is 0 Å². The van der Waals surface area contributed by atoms with Crippen LogP contribution >= 0.6 is 11.6 Å². The molecular weight excluding hydrogens is 326 g/mol. The zero-order valence-corrected chi connectivity index (χ0v) is 14.7. The van der Waals surface area contributed by atoms with Gasteiger partial charge in [-0.15, -0.1) is 0 Å². The average Bonchev–Trinajstić information content (AvgIpc) is 3.03. The second-order valence-electron chi connectivity index (χ2n) is 6.14. The number of halogens is 1. The summed E-state index contributed by atoms with van der Waals surface area (Å²) < 4.78 is 8.44. The first kappa shape index (κ1) is 17.0. The first-order valence-corrected chi connectivity index (χ1v) is 8.62. The molecule has 0 saturated carbocycles. The van der Waals surface area contributed by atoms with Crippen molar-refractivity contribution in [3.63, 3.8) is 0 Å². The summed E-state index contributed by atoms with van der Waals surface area (Å²) in [6.45, 7) is 4.47. The Balaban J connectivity index is 1.86.